The van der Waals surface area contributed by atoms with Crippen LogP contribution in [0.25, 0.3) is 22.3 Å². The Morgan fingerprint density at radius 2 is 1.97 bits per heavy atom. The number of rotatable bonds is 4. The van der Waals surface area contributed by atoms with Gasteiger partial charge in [0, 0.05) is 35.7 Å². The maximum Gasteiger partial charge on any atom is 0.524 e. The highest BCUT2D eigenvalue weighted by Gasteiger charge is 2.34. The van der Waals surface area contributed by atoms with Crippen LogP contribution >= 0.6 is 19.4 Å². The number of nitrogens with zero attached hydrogens (tertiary/aromatic N) is 1. The molecular formula is C21H21ClNO8P. The summed E-state index contributed by atoms with van der Waals surface area (Å²) >= 11 is 6.26. The highest BCUT2D eigenvalue weighted by molar-refractivity contribution is 7.46. The summed E-state index contributed by atoms with van der Waals surface area (Å²) in [7, 11) is -3.19. The second-order valence-corrected chi connectivity index (χ2v) is 9.34. The van der Waals surface area contributed by atoms with E-state index in [1.54, 1.807) is 24.3 Å². The minimum atomic E-state index is -5.05. The fraction of sp³-hybridized carbons (Fsp3) is 0.286. The molecule has 1 saturated heterocycles. The lowest BCUT2D eigenvalue weighted by Gasteiger charge is -2.34. The van der Waals surface area contributed by atoms with E-state index in [1.165, 1.54) is 0 Å². The lowest BCUT2D eigenvalue weighted by atomic mass is 9.85. The molecule has 32 heavy (non-hydrogen) atoms. The zero-order valence-electron chi connectivity index (χ0n) is 16.9. The molecule has 0 radical (unpaired) electrons. The van der Waals surface area contributed by atoms with Crippen LogP contribution in [0.3, 0.4) is 0 Å². The highest BCUT2D eigenvalue weighted by Crippen LogP contribution is 2.47. The van der Waals surface area contributed by atoms with Gasteiger partial charge in [0.25, 0.3) is 0 Å². The number of phenolic OH excluding ortho intramolecular Hbond substituents is 1. The van der Waals surface area contributed by atoms with Crippen LogP contribution < -0.4 is 9.95 Å². The van der Waals surface area contributed by atoms with Crippen molar-refractivity contribution in [1.82, 2.24) is 4.90 Å². The zero-order valence-corrected chi connectivity index (χ0v) is 18.6. The van der Waals surface area contributed by atoms with Crippen molar-refractivity contribution < 1.29 is 33.5 Å². The van der Waals surface area contributed by atoms with E-state index >= 15 is 0 Å². The smallest absolute Gasteiger partial charge is 0.507 e. The number of benzene rings is 2. The van der Waals surface area contributed by atoms with Gasteiger partial charge in [-0.05, 0) is 32.1 Å². The van der Waals surface area contributed by atoms with Crippen molar-refractivity contribution in [2.75, 3.05) is 20.1 Å². The summed E-state index contributed by atoms with van der Waals surface area (Å²) in [5.74, 6) is -1.41. The molecule has 0 bridgehead atoms. The Bertz CT molecular complexity index is 1290. The van der Waals surface area contributed by atoms with Gasteiger partial charge in [-0.2, -0.15) is 0 Å². The fourth-order valence-corrected chi connectivity index (χ4v) is 4.71. The summed E-state index contributed by atoms with van der Waals surface area (Å²) in [5, 5.41) is 21.5. The van der Waals surface area contributed by atoms with Crippen LogP contribution in [0, 0.1) is 0 Å². The molecule has 1 fully saturated rings. The van der Waals surface area contributed by atoms with E-state index in [0.29, 0.717) is 30.1 Å². The van der Waals surface area contributed by atoms with Crippen LogP contribution in [0.2, 0.25) is 5.02 Å². The Morgan fingerprint density at radius 1 is 1.25 bits per heavy atom. The van der Waals surface area contributed by atoms with Gasteiger partial charge in [-0.15, -0.1) is 0 Å². The number of aliphatic hydroxyl groups excluding tert-OH is 1. The van der Waals surface area contributed by atoms with Crippen molar-refractivity contribution in [3.63, 3.8) is 0 Å². The first-order valence-electron chi connectivity index (χ1n) is 9.75. The molecule has 4 N–H and O–H groups in total. The third-order valence-corrected chi connectivity index (χ3v) is 6.26. The molecule has 11 heteroatoms. The first kappa shape index (κ1) is 22.8. The van der Waals surface area contributed by atoms with E-state index in [4.69, 9.17) is 16.0 Å². The van der Waals surface area contributed by atoms with Gasteiger partial charge >= 0.3 is 7.82 Å². The molecule has 1 aliphatic heterocycles. The molecule has 0 spiro atoms. The summed E-state index contributed by atoms with van der Waals surface area (Å²) in [6, 6.07) is 8.79. The lowest BCUT2D eigenvalue weighted by molar-refractivity contribution is 0.0630. The predicted octanol–water partition coefficient (Wildman–Crippen LogP) is 3.07. The van der Waals surface area contributed by atoms with Gasteiger partial charge in [0.1, 0.15) is 28.2 Å². The monoisotopic (exact) mass is 481 g/mol. The molecule has 4 rings (SSSR count). The molecule has 1 aliphatic rings. The minimum Gasteiger partial charge on any atom is -0.507 e. The van der Waals surface area contributed by atoms with Gasteiger partial charge in [-0.3, -0.25) is 14.6 Å². The lowest BCUT2D eigenvalue weighted by Crippen LogP contribution is -2.40. The van der Waals surface area contributed by atoms with E-state index in [0.717, 1.165) is 12.1 Å². The Balaban J connectivity index is 2.03. The number of hydrogen-bond acceptors (Lipinski definition) is 7. The van der Waals surface area contributed by atoms with Crippen molar-refractivity contribution in [3.05, 3.63) is 57.2 Å². The predicted molar refractivity (Wildman–Crippen MR) is 118 cm³/mol. The molecule has 0 aliphatic carbocycles. The van der Waals surface area contributed by atoms with Gasteiger partial charge in [0.2, 0.25) is 0 Å². The summed E-state index contributed by atoms with van der Waals surface area (Å²) in [4.78, 5) is 33.6. The second-order valence-electron chi connectivity index (χ2n) is 7.77. The van der Waals surface area contributed by atoms with Crippen molar-refractivity contribution >= 4 is 30.4 Å². The van der Waals surface area contributed by atoms with Gasteiger partial charge in [0.15, 0.2) is 5.43 Å². The van der Waals surface area contributed by atoms with Crippen LogP contribution in [-0.4, -0.2) is 51.1 Å². The Labute approximate surface area is 187 Å². The molecule has 0 saturated carbocycles. The quantitative estimate of drug-likeness (QED) is 0.414. The number of fused-ring (bicyclic) bond motifs is 1. The first-order valence-corrected chi connectivity index (χ1v) is 11.7. The maximum absolute atomic E-state index is 13.1. The number of β-amino-alcohol motifs (C(OH)–C–C–N with tert-alkyl or cyclic N) is 1. The topological polar surface area (TPSA) is 141 Å². The van der Waals surface area contributed by atoms with Gasteiger partial charge in [0.05, 0.1) is 11.1 Å². The number of aliphatic hydroxyl groups is 1. The summed E-state index contributed by atoms with van der Waals surface area (Å²) in [6.45, 7) is 0.957. The first-order chi connectivity index (χ1) is 15.0. The molecule has 2 heterocycles. The van der Waals surface area contributed by atoms with Crippen molar-refractivity contribution in [2.45, 2.75) is 18.4 Å². The maximum atomic E-state index is 13.1. The normalized spacial score (nSPS) is 19.9. The molecule has 2 aromatic carbocycles. The Morgan fingerprint density at radius 3 is 2.62 bits per heavy atom. The number of likely N-dealkylation sites (tertiary alicyclic amines) is 1. The molecule has 170 valence electrons. The number of aromatic hydroxyl groups is 1. The molecule has 3 aromatic rings. The summed E-state index contributed by atoms with van der Waals surface area (Å²) in [6.07, 6.45) is -0.412. The van der Waals surface area contributed by atoms with Crippen LogP contribution in [0.4, 0.5) is 0 Å². The van der Waals surface area contributed by atoms with E-state index < -0.39 is 36.8 Å². The van der Waals surface area contributed by atoms with Crippen molar-refractivity contribution in [2.24, 2.45) is 0 Å². The second kappa shape index (κ2) is 8.51. The number of hydrogen-bond donors (Lipinski definition) is 4. The standard InChI is InChI=1S/C21H21ClNO8P/c1-23-7-6-12(16(26)10-23)19-14(24)9-18(31-32(27,28)29)20-15(25)8-17(30-21(19)20)11-4-2-3-5-13(11)22/h2-5,8-9,12,16,24,26H,6-7,10H2,1H3,(H2,27,28,29)/t12-,16+/m0/s1. The van der Waals surface area contributed by atoms with Crippen LogP contribution in [0.5, 0.6) is 11.5 Å². The number of phosphoric ester groups is 1. The van der Waals surface area contributed by atoms with Gasteiger partial charge < -0.3 is 24.1 Å². The number of piperidine rings is 1. The number of phenols is 1. The van der Waals surface area contributed by atoms with Gasteiger partial charge in [-0.25, -0.2) is 4.57 Å². The molecule has 0 unspecified atom stereocenters. The van der Waals surface area contributed by atoms with Crippen molar-refractivity contribution in [1.29, 1.82) is 0 Å². The third-order valence-electron chi connectivity index (χ3n) is 5.49. The third kappa shape index (κ3) is 4.41. The summed E-state index contributed by atoms with van der Waals surface area (Å²) in [5.41, 5.74) is -0.175. The van der Waals surface area contributed by atoms with E-state index in [2.05, 4.69) is 4.52 Å². The average Bonchev–Trinajstić information content (AvgIpc) is 2.68. The van der Waals surface area contributed by atoms with Crippen LogP contribution in [0.1, 0.15) is 17.9 Å². The highest BCUT2D eigenvalue weighted by atomic mass is 35.5. The largest absolute Gasteiger partial charge is 0.524 e. The molecule has 1 aromatic heterocycles. The number of halogens is 1. The van der Waals surface area contributed by atoms with Crippen molar-refractivity contribution in [3.8, 4) is 22.8 Å². The van der Waals surface area contributed by atoms with E-state index in [1.807, 2.05) is 11.9 Å². The average molecular weight is 482 g/mol. The molecule has 2 atom stereocenters. The fourth-order valence-electron chi connectivity index (χ4n) is 4.09. The molecule has 0 amide bonds. The minimum absolute atomic E-state index is 0.101. The summed E-state index contributed by atoms with van der Waals surface area (Å²) < 4.78 is 22.2. The molecular weight excluding hydrogens is 461 g/mol. The Hall–Kier alpha value is -2.39. The SMILES string of the molecule is CN1CC[C@H](c2c(O)cc(OP(=O)(O)O)c3c(=O)cc(-c4ccccc4Cl)oc23)[C@H](O)C1. The van der Waals surface area contributed by atoms with E-state index in [9.17, 15) is 29.4 Å². The Kier molecular flexibility index (Phi) is 6.06. The van der Waals surface area contributed by atoms with Crippen LogP contribution in [-0.2, 0) is 4.57 Å². The zero-order chi connectivity index (χ0) is 23.2. The van der Waals surface area contributed by atoms with Crippen LogP contribution in [0.15, 0.2) is 45.6 Å². The number of phosphoric acid groups is 1. The van der Waals surface area contributed by atoms with E-state index in [-0.39, 0.29) is 22.3 Å². The number of likely N-dealkylation sites (N-methyl/N-ethyl adjacent to an activating group) is 1. The molecule has 9 nitrogen and oxygen atoms in total. The van der Waals surface area contributed by atoms with Gasteiger partial charge in [-0.1, -0.05) is 23.7 Å².